The number of nitrogen functional groups attached to an aromatic ring is 1. The number of anilines is 1. The van der Waals surface area contributed by atoms with E-state index in [1.807, 2.05) is 0 Å². The fourth-order valence-corrected chi connectivity index (χ4v) is 5.10. The molecule has 3 rings (SSSR count). The van der Waals surface area contributed by atoms with E-state index in [4.69, 9.17) is 5.73 Å². The van der Waals surface area contributed by atoms with Crippen LogP contribution in [0.5, 0.6) is 0 Å². The first kappa shape index (κ1) is 15.0. The molecule has 0 aliphatic heterocycles. The number of nitrogens with zero attached hydrogens (tertiary/aromatic N) is 1. The molecule has 116 valence electrons. The summed E-state index contributed by atoms with van der Waals surface area (Å²) in [6.07, 6.45) is 5.94. The molecule has 22 heavy (non-hydrogen) atoms. The number of Topliss-reactive ketones (excluding diaryl/α,β-unsaturated/α-hetero) is 1. The topological polar surface area (TPSA) is 104 Å². The van der Waals surface area contributed by atoms with E-state index in [1.54, 1.807) is 0 Å². The van der Waals surface area contributed by atoms with Gasteiger partial charge in [-0.05, 0) is 37.2 Å². The van der Waals surface area contributed by atoms with Gasteiger partial charge in [0.2, 0.25) is 0 Å². The van der Waals surface area contributed by atoms with Crippen molar-refractivity contribution in [3.05, 3.63) is 16.0 Å². The van der Waals surface area contributed by atoms with Crippen LogP contribution in [0.3, 0.4) is 0 Å². The number of nitrogens with two attached hydrogens (primary N) is 1. The lowest BCUT2D eigenvalue weighted by Gasteiger charge is -2.38. The van der Waals surface area contributed by atoms with Crippen molar-refractivity contribution >= 4 is 28.1 Å². The lowest BCUT2D eigenvalue weighted by molar-refractivity contribution is 0.0688. The molecule has 3 N–H and O–H groups in total. The normalized spacial score (nSPS) is 25.5. The number of ketones is 1. The molecule has 1 unspecified atom stereocenters. The van der Waals surface area contributed by atoms with E-state index >= 15 is 0 Å². The zero-order chi connectivity index (χ0) is 15.9. The lowest BCUT2D eigenvalue weighted by Crippen LogP contribution is -2.41. The number of fused-ring (bicyclic) bond motifs is 1. The van der Waals surface area contributed by atoms with Crippen molar-refractivity contribution in [2.75, 3.05) is 5.73 Å². The van der Waals surface area contributed by atoms with Gasteiger partial charge in [-0.1, -0.05) is 19.3 Å². The summed E-state index contributed by atoms with van der Waals surface area (Å²) in [6, 6.07) is 2.30. The highest BCUT2D eigenvalue weighted by Crippen LogP contribution is 2.49. The summed E-state index contributed by atoms with van der Waals surface area (Å²) in [5.41, 5.74) is 5.40. The minimum atomic E-state index is -1.09. The fourth-order valence-electron chi connectivity index (χ4n) is 3.96. The molecule has 5 nitrogen and oxygen atoms in total. The van der Waals surface area contributed by atoms with E-state index in [-0.39, 0.29) is 22.3 Å². The van der Waals surface area contributed by atoms with Crippen molar-refractivity contribution < 1.29 is 14.7 Å². The second kappa shape index (κ2) is 5.40. The second-order valence-corrected chi connectivity index (χ2v) is 7.25. The molecule has 0 spiro atoms. The van der Waals surface area contributed by atoms with E-state index < -0.39 is 11.4 Å². The third-order valence-electron chi connectivity index (χ3n) is 5.13. The molecule has 1 aromatic heterocycles. The zero-order valence-electron chi connectivity index (χ0n) is 12.2. The van der Waals surface area contributed by atoms with Crippen LogP contribution < -0.4 is 5.73 Å². The van der Waals surface area contributed by atoms with Gasteiger partial charge in [0.1, 0.15) is 10.4 Å². The van der Waals surface area contributed by atoms with Gasteiger partial charge in [0, 0.05) is 0 Å². The van der Waals surface area contributed by atoms with Crippen LogP contribution in [0, 0.1) is 22.7 Å². The molecule has 2 aliphatic carbocycles. The molecule has 1 heterocycles. The predicted octanol–water partition coefficient (Wildman–Crippen LogP) is 3.25. The number of carbonyl (C=O) groups is 2. The van der Waals surface area contributed by atoms with Crippen molar-refractivity contribution in [3.8, 4) is 6.07 Å². The molecule has 0 saturated heterocycles. The van der Waals surface area contributed by atoms with Gasteiger partial charge < -0.3 is 10.8 Å². The smallest absolute Gasteiger partial charge is 0.338 e. The van der Waals surface area contributed by atoms with Crippen LogP contribution in [0.1, 0.15) is 64.1 Å². The van der Waals surface area contributed by atoms with Crippen molar-refractivity contribution in [2.45, 2.75) is 44.9 Å². The first-order chi connectivity index (χ1) is 10.5. The van der Waals surface area contributed by atoms with Crippen molar-refractivity contribution in [1.82, 2.24) is 0 Å². The van der Waals surface area contributed by atoms with E-state index in [1.165, 1.54) is 0 Å². The number of nitriles is 1. The zero-order valence-corrected chi connectivity index (χ0v) is 13.0. The van der Waals surface area contributed by atoms with Crippen LogP contribution in [0.25, 0.3) is 0 Å². The number of hydrogen-bond donors (Lipinski definition) is 2. The van der Waals surface area contributed by atoms with Gasteiger partial charge in [0.15, 0.2) is 5.78 Å². The van der Waals surface area contributed by atoms with Gasteiger partial charge >= 0.3 is 5.97 Å². The maximum atomic E-state index is 13.0. The van der Waals surface area contributed by atoms with E-state index in [9.17, 15) is 20.0 Å². The number of thiophene rings is 1. The van der Waals surface area contributed by atoms with Crippen LogP contribution in [0.2, 0.25) is 0 Å². The standard InChI is InChI=1S/C16H18N2O3S/c17-8-16(9-4-2-1-3-5-9)7-6-10-11(15(20)21)14(18)22-12(10)13(16)19/h9H,1-7,18H2,(H,20,21). The molecule has 1 fully saturated rings. The number of carbonyl (C=O) groups excluding carboxylic acids is 1. The van der Waals surface area contributed by atoms with E-state index in [0.29, 0.717) is 23.3 Å². The SMILES string of the molecule is N#CC1(C2CCCCC2)CCc2c(sc(N)c2C(=O)O)C1=O. The van der Waals surface area contributed by atoms with Crippen LogP contribution in [-0.4, -0.2) is 16.9 Å². The van der Waals surface area contributed by atoms with Gasteiger partial charge in [-0.15, -0.1) is 11.3 Å². The molecule has 0 bridgehead atoms. The summed E-state index contributed by atoms with van der Waals surface area (Å²) in [7, 11) is 0. The average molecular weight is 318 g/mol. The van der Waals surface area contributed by atoms with Crippen molar-refractivity contribution in [3.63, 3.8) is 0 Å². The molecule has 0 amide bonds. The number of carboxylic acid groups (broad SMARTS) is 1. The van der Waals surface area contributed by atoms with Gasteiger partial charge in [0.05, 0.1) is 16.5 Å². The number of aromatic carboxylic acids is 1. The Bertz CT molecular complexity index is 682. The Balaban J connectivity index is 2.05. The highest BCUT2D eigenvalue weighted by atomic mass is 32.1. The van der Waals surface area contributed by atoms with Gasteiger partial charge in [-0.25, -0.2) is 4.79 Å². The number of rotatable bonds is 2. The summed E-state index contributed by atoms with van der Waals surface area (Å²) in [4.78, 5) is 24.7. The van der Waals surface area contributed by atoms with Crippen LogP contribution in [-0.2, 0) is 6.42 Å². The minimum absolute atomic E-state index is 0.0588. The molecular formula is C16H18N2O3S. The van der Waals surface area contributed by atoms with Crippen molar-refractivity contribution in [2.24, 2.45) is 11.3 Å². The van der Waals surface area contributed by atoms with Crippen molar-refractivity contribution in [1.29, 1.82) is 5.26 Å². The molecular weight excluding hydrogens is 300 g/mol. The highest BCUT2D eigenvalue weighted by Gasteiger charge is 2.50. The molecule has 6 heteroatoms. The summed E-state index contributed by atoms with van der Waals surface area (Å²) < 4.78 is 0. The average Bonchev–Trinajstić information content (AvgIpc) is 2.86. The summed E-state index contributed by atoms with van der Waals surface area (Å²) in [6.45, 7) is 0. The fraction of sp³-hybridized carbons (Fsp3) is 0.562. The predicted molar refractivity (Wildman–Crippen MR) is 83.0 cm³/mol. The third-order valence-corrected chi connectivity index (χ3v) is 6.19. The van der Waals surface area contributed by atoms with E-state index in [0.717, 1.165) is 43.4 Å². The summed E-state index contributed by atoms with van der Waals surface area (Å²) in [5, 5.41) is 19.2. The Morgan fingerprint density at radius 1 is 1.36 bits per heavy atom. The second-order valence-electron chi connectivity index (χ2n) is 6.20. The Hall–Kier alpha value is -1.87. The Morgan fingerprint density at radius 3 is 2.64 bits per heavy atom. The molecule has 1 aromatic rings. The lowest BCUT2D eigenvalue weighted by atomic mass is 9.62. The first-order valence-electron chi connectivity index (χ1n) is 7.61. The van der Waals surface area contributed by atoms with Crippen LogP contribution in [0.15, 0.2) is 0 Å². The Labute approximate surface area is 132 Å². The summed E-state index contributed by atoms with van der Waals surface area (Å²) in [5.74, 6) is -1.21. The van der Waals surface area contributed by atoms with Crippen LogP contribution >= 0.6 is 11.3 Å². The molecule has 0 aromatic carbocycles. The quantitative estimate of drug-likeness (QED) is 0.871. The van der Waals surface area contributed by atoms with Gasteiger partial charge in [-0.2, -0.15) is 5.26 Å². The monoisotopic (exact) mass is 318 g/mol. The first-order valence-corrected chi connectivity index (χ1v) is 8.43. The Morgan fingerprint density at radius 2 is 2.05 bits per heavy atom. The van der Waals surface area contributed by atoms with E-state index in [2.05, 4.69) is 6.07 Å². The maximum Gasteiger partial charge on any atom is 0.338 e. The highest BCUT2D eigenvalue weighted by molar-refractivity contribution is 7.18. The number of hydrogen-bond acceptors (Lipinski definition) is 5. The molecule has 0 radical (unpaired) electrons. The summed E-state index contributed by atoms with van der Waals surface area (Å²) >= 11 is 1.03. The minimum Gasteiger partial charge on any atom is -0.478 e. The van der Waals surface area contributed by atoms with Gasteiger partial charge in [0.25, 0.3) is 0 Å². The molecule has 1 atom stereocenters. The molecule has 2 aliphatic rings. The Kier molecular flexibility index (Phi) is 3.69. The maximum absolute atomic E-state index is 13.0. The largest absolute Gasteiger partial charge is 0.478 e. The van der Waals surface area contributed by atoms with Crippen LogP contribution in [0.4, 0.5) is 5.00 Å². The number of carboxylic acids is 1. The third kappa shape index (κ3) is 2.03. The molecule has 1 saturated carbocycles. The van der Waals surface area contributed by atoms with Gasteiger partial charge in [-0.3, -0.25) is 4.79 Å².